The van der Waals surface area contributed by atoms with Crippen LogP contribution < -0.4 is 5.32 Å². The monoisotopic (exact) mass is 307 g/mol. The summed E-state index contributed by atoms with van der Waals surface area (Å²) in [7, 11) is 0. The number of rotatable bonds is 3. The van der Waals surface area contributed by atoms with E-state index in [4.69, 9.17) is 11.6 Å². The van der Waals surface area contributed by atoms with Crippen molar-refractivity contribution in [2.24, 2.45) is 0 Å². The zero-order valence-corrected chi connectivity index (χ0v) is 13.6. The van der Waals surface area contributed by atoms with Crippen LogP contribution in [-0.4, -0.2) is 21.8 Å². The number of nitrogens with zero attached hydrogens (tertiary/aromatic N) is 2. The molecule has 0 aliphatic rings. The van der Waals surface area contributed by atoms with Crippen molar-refractivity contribution in [3.63, 3.8) is 0 Å². The summed E-state index contributed by atoms with van der Waals surface area (Å²) in [5.74, 6) is 0.648. The van der Waals surface area contributed by atoms with Crippen molar-refractivity contribution in [3.8, 4) is 11.3 Å². The molecule has 0 fully saturated rings. The standard InChI is InChI=1S/C15H18ClN3S/c1-15(2,3)19-14-17-12(9-13(18-14)20-4)10-5-7-11(16)8-6-10/h5-9H,1-4H3,(H,17,18,19). The van der Waals surface area contributed by atoms with Gasteiger partial charge in [-0.25, -0.2) is 9.97 Å². The predicted octanol–water partition coefficient (Wildman–Crippen LogP) is 4.73. The van der Waals surface area contributed by atoms with Crippen LogP contribution in [0.5, 0.6) is 0 Å². The summed E-state index contributed by atoms with van der Waals surface area (Å²) < 4.78 is 0. The fourth-order valence-electron chi connectivity index (χ4n) is 1.69. The van der Waals surface area contributed by atoms with Crippen LogP contribution in [0.2, 0.25) is 5.02 Å². The molecule has 1 heterocycles. The van der Waals surface area contributed by atoms with Crippen molar-refractivity contribution in [2.45, 2.75) is 31.3 Å². The molecule has 1 N–H and O–H groups in total. The number of nitrogens with one attached hydrogen (secondary N) is 1. The van der Waals surface area contributed by atoms with Crippen LogP contribution in [0, 0.1) is 0 Å². The molecule has 0 saturated carbocycles. The fourth-order valence-corrected chi connectivity index (χ4v) is 2.22. The molecule has 0 spiro atoms. The number of thioether (sulfide) groups is 1. The predicted molar refractivity (Wildman–Crippen MR) is 87.6 cm³/mol. The third kappa shape index (κ3) is 4.12. The van der Waals surface area contributed by atoms with Gasteiger partial charge in [-0.2, -0.15) is 0 Å². The molecule has 0 radical (unpaired) electrons. The lowest BCUT2D eigenvalue weighted by Gasteiger charge is -2.21. The molecule has 1 aromatic carbocycles. The molecule has 0 aliphatic carbocycles. The Kier molecular flexibility index (Phi) is 4.55. The molecular weight excluding hydrogens is 290 g/mol. The molecule has 2 rings (SSSR count). The number of hydrogen-bond acceptors (Lipinski definition) is 4. The number of benzene rings is 1. The van der Waals surface area contributed by atoms with E-state index >= 15 is 0 Å². The molecule has 0 unspecified atom stereocenters. The second kappa shape index (κ2) is 6.02. The average molecular weight is 308 g/mol. The molecular formula is C15H18ClN3S. The van der Waals surface area contributed by atoms with E-state index in [1.807, 2.05) is 36.6 Å². The Morgan fingerprint density at radius 1 is 1.10 bits per heavy atom. The third-order valence-corrected chi connectivity index (χ3v) is 3.42. The van der Waals surface area contributed by atoms with Crippen molar-refractivity contribution in [1.29, 1.82) is 0 Å². The molecule has 0 bridgehead atoms. The van der Waals surface area contributed by atoms with Crippen LogP contribution in [0.25, 0.3) is 11.3 Å². The van der Waals surface area contributed by atoms with Gasteiger partial charge in [-0.3, -0.25) is 0 Å². The SMILES string of the molecule is CSc1cc(-c2ccc(Cl)cc2)nc(NC(C)(C)C)n1. The van der Waals surface area contributed by atoms with Crippen molar-refractivity contribution < 1.29 is 0 Å². The Balaban J connectivity index is 2.42. The third-order valence-electron chi connectivity index (χ3n) is 2.54. The van der Waals surface area contributed by atoms with E-state index in [1.54, 1.807) is 11.8 Å². The van der Waals surface area contributed by atoms with Crippen molar-refractivity contribution >= 4 is 29.3 Å². The van der Waals surface area contributed by atoms with E-state index in [0.29, 0.717) is 5.95 Å². The van der Waals surface area contributed by atoms with E-state index in [9.17, 15) is 0 Å². The maximum Gasteiger partial charge on any atom is 0.224 e. The topological polar surface area (TPSA) is 37.8 Å². The van der Waals surface area contributed by atoms with Crippen LogP contribution in [0.1, 0.15) is 20.8 Å². The lowest BCUT2D eigenvalue weighted by molar-refractivity contribution is 0.624. The van der Waals surface area contributed by atoms with Gasteiger partial charge in [0.25, 0.3) is 0 Å². The summed E-state index contributed by atoms with van der Waals surface area (Å²) in [4.78, 5) is 9.08. The van der Waals surface area contributed by atoms with E-state index in [2.05, 4.69) is 36.1 Å². The Bertz CT molecular complexity index is 591. The summed E-state index contributed by atoms with van der Waals surface area (Å²) in [6, 6.07) is 9.66. The lowest BCUT2D eigenvalue weighted by Crippen LogP contribution is -2.27. The van der Waals surface area contributed by atoms with Crippen LogP contribution in [0.4, 0.5) is 5.95 Å². The van der Waals surface area contributed by atoms with Gasteiger partial charge in [0.2, 0.25) is 5.95 Å². The Hall–Kier alpha value is -1.26. The highest BCUT2D eigenvalue weighted by molar-refractivity contribution is 7.98. The molecule has 0 amide bonds. The molecule has 0 atom stereocenters. The quantitative estimate of drug-likeness (QED) is 0.657. The first-order chi connectivity index (χ1) is 9.37. The number of hydrogen-bond donors (Lipinski definition) is 1. The first kappa shape index (κ1) is 15.1. The van der Waals surface area contributed by atoms with Crippen molar-refractivity contribution in [1.82, 2.24) is 9.97 Å². The van der Waals surface area contributed by atoms with Crippen LogP contribution >= 0.6 is 23.4 Å². The highest BCUT2D eigenvalue weighted by atomic mass is 35.5. The molecule has 5 heteroatoms. The maximum absolute atomic E-state index is 5.93. The normalized spacial score (nSPS) is 11.4. The number of anilines is 1. The number of halogens is 1. The Morgan fingerprint density at radius 3 is 2.30 bits per heavy atom. The van der Waals surface area contributed by atoms with Crippen molar-refractivity contribution in [3.05, 3.63) is 35.4 Å². The zero-order chi connectivity index (χ0) is 14.8. The van der Waals surface area contributed by atoms with Gasteiger partial charge in [0, 0.05) is 16.1 Å². The largest absolute Gasteiger partial charge is 0.350 e. The van der Waals surface area contributed by atoms with Gasteiger partial charge in [0.1, 0.15) is 5.03 Å². The Morgan fingerprint density at radius 2 is 1.75 bits per heavy atom. The summed E-state index contributed by atoms with van der Waals surface area (Å²) >= 11 is 7.53. The van der Waals surface area contributed by atoms with Crippen LogP contribution in [-0.2, 0) is 0 Å². The fraction of sp³-hybridized carbons (Fsp3) is 0.333. The smallest absolute Gasteiger partial charge is 0.224 e. The zero-order valence-electron chi connectivity index (χ0n) is 12.1. The molecule has 3 nitrogen and oxygen atoms in total. The van der Waals surface area contributed by atoms with Gasteiger partial charge in [-0.1, -0.05) is 23.7 Å². The first-order valence-electron chi connectivity index (χ1n) is 6.34. The maximum atomic E-state index is 5.93. The van der Waals surface area contributed by atoms with Gasteiger partial charge in [-0.15, -0.1) is 11.8 Å². The summed E-state index contributed by atoms with van der Waals surface area (Å²) in [5, 5.41) is 4.98. The minimum absolute atomic E-state index is 0.0751. The molecule has 2 aromatic rings. The summed E-state index contributed by atoms with van der Waals surface area (Å²) in [6.07, 6.45) is 2.01. The van der Waals surface area contributed by atoms with E-state index < -0.39 is 0 Å². The minimum atomic E-state index is -0.0751. The summed E-state index contributed by atoms with van der Waals surface area (Å²) in [6.45, 7) is 6.26. The summed E-state index contributed by atoms with van der Waals surface area (Å²) in [5.41, 5.74) is 1.85. The van der Waals surface area contributed by atoms with Gasteiger partial charge < -0.3 is 5.32 Å². The highest BCUT2D eigenvalue weighted by Crippen LogP contribution is 2.25. The van der Waals surface area contributed by atoms with Crippen LogP contribution in [0.15, 0.2) is 35.4 Å². The first-order valence-corrected chi connectivity index (χ1v) is 7.95. The van der Waals surface area contributed by atoms with Gasteiger partial charge in [-0.05, 0) is 45.2 Å². The molecule has 20 heavy (non-hydrogen) atoms. The van der Waals surface area contributed by atoms with Gasteiger partial charge in [0.15, 0.2) is 0 Å². The number of aromatic nitrogens is 2. The molecule has 1 aromatic heterocycles. The van der Waals surface area contributed by atoms with E-state index in [1.165, 1.54) is 0 Å². The second-order valence-electron chi connectivity index (χ2n) is 5.50. The van der Waals surface area contributed by atoms with E-state index in [-0.39, 0.29) is 5.54 Å². The average Bonchev–Trinajstić information content (AvgIpc) is 2.37. The van der Waals surface area contributed by atoms with Gasteiger partial charge >= 0.3 is 0 Å². The second-order valence-corrected chi connectivity index (χ2v) is 6.76. The lowest BCUT2D eigenvalue weighted by atomic mass is 10.1. The molecule has 0 aliphatic heterocycles. The van der Waals surface area contributed by atoms with Gasteiger partial charge in [0.05, 0.1) is 5.69 Å². The minimum Gasteiger partial charge on any atom is -0.350 e. The van der Waals surface area contributed by atoms with Crippen LogP contribution in [0.3, 0.4) is 0 Å². The molecule has 0 saturated heterocycles. The van der Waals surface area contributed by atoms with E-state index in [0.717, 1.165) is 21.3 Å². The molecule has 106 valence electrons. The Labute approximate surface area is 129 Å². The highest BCUT2D eigenvalue weighted by Gasteiger charge is 2.13. The van der Waals surface area contributed by atoms with Crippen molar-refractivity contribution in [2.75, 3.05) is 11.6 Å².